The van der Waals surface area contributed by atoms with Gasteiger partial charge in [0.1, 0.15) is 43.2 Å². The monoisotopic (exact) mass is 720 g/mol. The maximum absolute atomic E-state index is 12.2. The maximum Gasteiger partial charge on any atom is 0.302 e. The Morgan fingerprint density at radius 1 is 0.902 bits per heavy atom. The lowest BCUT2D eigenvalue weighted by Gasteiger charge is -2.71. The van der Waals surface area contributed by atoms with Crippen LogP contribution in [0, 0.1) is 39.4 Å². The van der Waals surface area contributed by atoms with E-state index < -0.39 is 65.8 Å². The van der Waals surface area contributed by atoms with Crippen molar-refractivity contribution >= 4 is 11.9 Å². The zero-order valence-electron chi connectivity index (χ0n) is 32.2. The molecule has 0 bridgehead atoms. The molecule has 11 nitrogen and oxygen atoms in total. The molecule has 290 valence electrons. The molecule has 5 N–H and O–H groups in total. The minimum absolute atomic E-state index is 0.0394. The third-order valence-corrected chi connectivity index (χ3v) is 14.7. The normalized spacial score (nSPS) is 43.6. The zero-order valence-corrected chi connectivity index (χ0v) is 32.2. The second-order valence-corrected chi connectivity index (χ2v) is 17.9. The number of aliphatic hydroxyl groups excluding tert-OH is 5. The van der Waals surface area contributed by atoms with Crippen molar-refractivity contribution in [2.24, 2.45) is 39.4 Å². The first-order chi connectivity index (χ1) is 23.6. The van der Waals surface area contributed by atoms with Crippen LogP contribution >= 0.6 is 0 Å². The van der Waals surface area contributed by atoms with Crippen molar-refractivity contribution in [1.29, 1.82) is 0 Å². The lowest BCUT2D eigenvalue weighted by Crippen LogP contribution is -2.69. The van der Waals surface area contributed by atoms with Gasteiger partial charge in [-0.2, -0.15) is 0 Å². The molecule has 0 unspecified atom stereocenters. The SMILES string of the molecule is C=C(C)[C@@H](O)[C@H](O)C[C@H](C)C1=C2CC[C@@H]3[C@@]4(C)CC[C@@H](OC(C)=O)C(C)(C)[C@@H]4C[C@@H](O[C@@H]4O[C@H](COC(C)=O)[C@@H](O)[C@H](O)[C@H]4O)[C@@]3(C)[C@]2(C)CC1. The molecular formula is C40H64O11. The van der Waals surface area contributed by atoms with Gasteiger partial charge in [-0.1, -0.05) is 59.3 Å². The molecule has 0 radical (unpaired) electrons. The van der Waals surface area contributed by atoms with E-state index in [1.807, 2.05) is 0 Å². The minimum Gasteiger partial charge on any atom is -0.463 e. The lowest BCUT2D eigenvalue weighted by molar-refractivity contribution is -0.344. The molecule has 1 aliphatic heterocycles. The highest BCUT2D eigenvalue weighted by molar-refractivity contribution is 5.66. The molecule has 0 spiro atoms. The third-order valence-electron chi connectivity index (χ3n) is 14.7. The Morgan fingerprint density at radius 2 is 1.57 bits per heavy atom. The van der Waals surface area contributed by atoms with Crippen molar-refractivity contribution in [2.45, 2.75) is 169 Å². The van der Waals surface area contributed by atoms with Gasteiger partial charge in [-0.3, -0.25) is 9.59 Å². The van der Waals surface area contributed by atoms with Gasteiger partial charge in [0, 0.05) is 24.7 Å². The van der Waals surface area contributed by atoms with Gasteiger partial charge in [0.05, 0.1) is 12.2 Å². The largest absolute Gasteiger partial charge is 0.463 e. The molecular weight excluding hydrogens is 656 g/mol. The van der Waals surface area contributed by atoms with Crippen LogP contribution in [0.25, 0.3) is 0 Å². The molecule has 15 atom stereocenters. The summed E-state index contributed by atoms with van der Waals surface area (Å²) in [6.45, 7) is 21.5. The standard InChI is InChI=1S/C40H64O11/c1-20(2)32(44)26(43)17-21(3)24-13-16-39(9)25(24)11-12-28-38(8)15-14-30(49-23(5)42)37(6,7)29(38)18-31(40(28,39)10)51-36-35(47)34(46)33(45)27(50-36)19-48-22(4)41/h21,26-36,43-47H,1,11-19H2,2-10H3/t21-,26+,27+,28+,29-,30+,31+,32+,33+,34-,35+,36-,38+,39+,40-/m0/s1. The third kappa shape index (κ3) is 6.76. The predicted molar refractivity (Wildman–Crippen MR) is 189 cm³/mol. The van der Waals surface area contributed by atoms with Crippen molar-refractivity contribution in [3.8, 4) is 0 Å². The minimum atomic E-state index is -1.58. The number of hydrogen-bond acceptors (Lipinski definition) is 11. The molecule has 51 heavy (non-hydrogen) atoms. The average Bonchev–Trinajstić information content (AvgIpc) is 3.40. The summed E-state index contributed by atoms with van der Waals surface area (Å²) in [5, 5.41) is 54.4. The van der Waals surface area contributed by atoms with E-state index in [1.54, 1.807) is 6.92 Å². The van der Waals surface area contributed by atoms with Crippen molar-refractivity contribution in [3.63, 3.8) is 0 Å². The van der Waals surface area contributed by atoms with Gasteiger partial charge in [0.25, 0.3) is 0 Å². The second kappa shape index (κ2) is 14.4. The molecule has 1 heterocycles. The molecule has 5 aliphatic rings. The molecule has 4 aliphatic carbocycles. The Morgan fingerprint density at radius 3 is 2.18 bits per heavy atom. The van der Waals surface area contributed by atoms with E-state index in [0.29, 0.717) is 18.4 Å². The first kappa shape index (κ1) is 40.3. The van der Waals surface area contributed by atoms with Gasteiger partial charge in [-0.25, -0.2) is 0 Å². The number of fused-ring (bicyclic) bond motifs is 5. The Labute approximate surface area is 303 Å². The fourth-order valence-corrected chi connectivity index (χ4v) is 11.8. The van der Waals surface area contributed by atoms with E-state index in [9.17, 15) is 35.1 Å². The predicted octanol–water partition coefficient (Wildman–Crippen LogP) is 4.36. The number of hydrogen-bond donors (Lipinski definition) is 5. The highest BCUT2D eigenvalue weighted by Gasteiger charge is 2.71. The van der Waals surface area contributed by atoms with Crippen LogP contribution in [0.4, 0.5) is 0 Å². The summed E-state index contributed by atoms with van der Waals surface area (Å²) >= 11 is 0. The van der Waals surface area contributed by atoms with Crippen molar-refractivity contribution in [2.75, 3.05) is 6.61 Å². The van der Waals surface area contributed by atoms with Crippen LogP contribution in [0.15, 0.2) is 23.3 Å². The van der Waals surface area contributed by atoms with E-state index in [0.717, 1.165) is 38.5 Å². The van der Waals surface area contributed by atoms with Gasteiger partial charge in [0.15, 0.2) is 6.29 Å². The summed E-state index contributed by atoms with van der Waals surface area (Å²) in [5.74, 6) is -0.568. The Bertz CT molecular complexity index is 1380. The molecule has 0 amide bonds. The summed E-state index contributed by atoms with van der Waals surface area (Å²) in [4.78, 5) is 23.9. The van der Waals surface area contributed by atoms with Crippen LogP contribution in [0.1, 0.15) is 114 Å². The number of esters is 2. The molecule has 3 saturated carbocycles. The van der Waals surface area contributed by atoms with Gasteiger partial charge < -0.3 is 44.5 Å². The number of allylic oxidation sites excluding steroid dienone is 2. The molecule has 11 heteroatoms. The summed E-state index contributed by atoms with van der Waals surface area (Å²) in [6.07, 6.45) is -3.50. The van der Waals surface area contributed by atoms with Gasteiger partial charge in [-0.05, 0) is 92.4 Å². The molecule has 0 aromatic carbocycles. The van der Waals surface area contributed by atoms with Crippen molar-refractivity contribution < 1.29 is 54.1 Å². The van der Waals surface area contributed by atoms with E-state index in [1.165, 1.54) is 25.0 Å². The van der Waals surface area contributed by atoms with Gasteiger partial charge in [0.2, 0.25) is 0 Å². The van der Waals surface area contributed by atoms with Crippen molar-refractivity contribution in [1.82, 2.24) is 0 Å². The zero-order chi connectivity index (χ0) is 38.0. The number of ether oxygens (including phenoxy) is 4. The van der Waals surface area contributed by atoms with E-state index in [4.69, 9.17) is 18.9 Å². The molecule has 0 aromatic rings. The first-order valence-corrected chi connectivity index (χ1v) is 19.0. The van der Waals surface area contributed by atoms with Crippen LogP contribution < -0.4 is 0 Å². The Balaban J connectivity index is 1.56. The van der Waals surface area contributed by atoms with Crippen LogP contribution in [-0.2, 0) is 28.5 Å². The summed E-state index contributed by atoms with van der Waals surface area (Å²) in [6, 6.07) is 0. The quantitative estimate of drug-likeness (QED) is 0.123. The topological polar surface area (TPSA) is 172 Å². The average molecular weight is 721 g/mol. The van der Waals surface area contributed by atoms with Crippen molar-refractivity contribution in [3.05, 3.63) is 23.3 Å². The number of aliphatic hydroxyl groups is 5. The van der Waals surface area contributed by atoms with Crippen LogP contribution in [0.5, 0.6) is 0 Å². The maximum atomic E-state index is 12.2. The molecule has 1 saturated heterocycles. The first-order valence-electron chi connectivity index (χ1n) is 19.0. The summed E-state index contributed by atoms with van der Waals surface area (Å²) < 4.78 is 24.2. The number of carbonyl (C=O) groups excluding carboxylic acids is 2. The molecule has 0 aromatic heterocycles. The Hall–Kier alpha value is -1.86. The van der Waals surface area contributed by atoms with Crippen LogP contribution in [-0.4, -0.2) is 99.2 Å². The summed E-state index contributed by atoms with van der Waals surface area (Å²) in [5.41, 5.74) is 1.93. The highest BCUT2D eigenvalue weighted by Crippen LogP contribution is 2.75. The van der Waals surface area contributed by atoms with Crippen LogP contribution in [0.2, 0.25) is 0 Å². The molecule has 5 rings (SSSR count). The van der Waals surface area contributed by atoms with Gasteiger partial charge in [-0.15, -0.1) is 0 Å². The second-order valence-electron chi connectivity index (χ2n) is 17.9. The lowest BCUT2D eigenvalue weighted by atomic mass is 9.35. The smallest absolute Gasteiger partial charge is 0.302 e. The fraction of sp³-hybridized carbons (Fsp3) is 0.850. The van der Waals surface area contributed by atoms with E-state index in [-0.39, 0.29) is 47.3 Å². The highest BCUT2D eigenvalue weighted by atomic mass is 16.7. The molecule has 4 fully saturated rings. The number of carbonyl (C=O) groups is 2. The number of rotatable bonds is 10. The Kier molecular flexibility index (Phi) is 11.4. The fourth-order valence-electron chi connectivity index (χ4n) is 11.8. The van der Waals surface area contributed by atoms with Gasteiger partial charge >= 0.3 is 11.9 Å². The van der Waals surface area contributed by atoms with E-state index >= 15 is 0 Å². The van der Waals surface area contributed by atoms with Crippen LogP contribution in [0.3, 0.4) is 0 Å². The summed E-state index contributed by atoms with van der Waals surface area (Å²) in [7, 11) is 0. The van der Waals surface area contributed by atoms with E-state index in [2.05, 4.69) is 48.1 Å².